The fourth-order valence-electron chi connectivity index (χ4n) is 8.58. The van der Waals surface area contributed by atoms with E-state index in [1.54, 1.807) is 0 Å². The second-order valence-electron chi connectivity index (χ2n) is 20.2. The van der Waals surface area contributed by atoms with Crippen molar-refractivity contribution in [2.75, 3.05) is 13.2 Å². The van der Waals surface area contributed by atoms with Gasteiger partial charge in [-0.2, -0.15) is 0 Å². The van der Waals surface area contributed by atoms with Gasteiger partial charge in [0.05, 0.1) is 6.61 Å². The van der Waals surface area contributed by atoms with Crippen molar-refractivity contribution in [3.05, 3.63) is 97.2 Å². The van der Waals surface area contributed by atoms with Gasteiger partial charge in [-0.1, -0.05) is 221 Å². The van der Waals surface area contributed by atoms with Crippen molar-refractivity contribution >= 4 is 23.9 Å². The number of aliphatic hydroxyl groups excluding tert-OH is 2. The summed E-state index contributed by atoms with van der Waals surface area (Å²) in [7, 11) is 0. The maximum absolute atomic E-state index is 13.2. The monoisotopic (exact) mass is 1080 g/mol. The highest BCUT2D eigenvalue weighted by atomic mass is 16.7. The van der Waals surface area contributed by atoms with Crippen LogP contribution in [0.4, 0.5) is 0 Å². The number of aliphatic hydroxyl groups is 2. The fourth-order valence-corrected chi connectivity index (χ4v) is 8.58. The number of allylic oxidation sites excluding steroid dienone is 16. The number of carbonyl (C=O) groups excluding carboxylic acids is 3. The van der Waals surface area contributed by atoms with E-state index >= 15 is 0 Å². The van der Waals surface area contributed by atoms with Crippen molar-refractivity contribution in [2.45, 2.75) is 276 Å². The molecule has 6 atom stereocenters. The molecule has 6 unspecified atom stereocenters. The summed E-state index contributed by atoms with van der Waals surface area (Å²) in [6, 6.07) is 0. The summed E-state index contributed by atoms with van der Waals surface area (Å²) in [5.74, 6) is -3.20. The number of unbranched alkanes of at least 4 members (excludes halogenated alkanes) is 20. The van der Waals surface area contributed by atoms with Gasteiger partial charge in [0.2, 0.25) is 0 Å². The molecule has 1 fully saturated rings. The van der Waals surface area contributed by atoms with E-state index in [1.807, 2.05) is 0 Å². The molecule has 1 saturated heterocycles. The molecule has 0 bridgehead atoms. The molecule has 0 saturated carbocycles. The summed E-state index contributed by atoms with van der Waals surface area (Å²) in [6.07, 6.45) is 56.6. The van der Waals surface area contributed by atoms with Gasteiger partial charge in [0.1, 0.15) is 18.8 Å². The second-order valence-corrected chi connectivity index (χ2v) is 20.2. The van der Waals surface area contributed by atoms with Crippen LogP contribution < -0.4 is 0 Å². The van der Waals surface area contributed by atoms with Crippen molar-refractivity contribution in [2.24, 2.45) is 0 Å². The molecule has 0 spiro atoms. The standard InChI is InChI=1S/C65H106O12/c1-4-7-10-13-16-19-22-25-27-28-29-30-32-34-36-39-42-45-48-51-57(66)73-54-56(75-58(67)52-49-46-43-40-38-35-31-26-23-20-17-14-11-8-5-2)55-74-65-63(61(70)60(69)62(77-65)64(71)72)76-59(68)53-50-47-44-41-37-33-24-21-18-15-12-9-6-3/h7,9-10,12,16,18-19,21,25,27,29-30,33-34,36-37,56,60-63,65,69-70H,4-6,8,11,13-15,17,20,22-24,26,28,31-32,35,38-55H2,1-3H3,(H,71,72)/b10-7-,12-9-,19-16-,21-18-,27-25-,30-29-,36-34-,37-33-. The second kappa shape index (κ2) is 52.3. The Morgan fingerprint density at radius 3 is 1.25 bits per heavy atom. The Labute approximate surface area is 466 Å². The molecule has 0 aromatic heterocycles. The lowest BCUT2D eigenvalue weighted by atomic mass is 9.98. The SMILES string of the molecule is CC/C=C\C/C=C\C/C=C\C/C=C\C/C=C\CCCCCC(=O)OCC(COC1OC(C(=O)O)C(O)C(O)C1OC(=O)CCCCC/C=C\C/C=C\C/C=C\CC)OC(=O)CCCCCCCCCCCCCCCCC. The highest BCUT2D eigenvalue weighted by molar-refractivity contribution is 5.74. The number of ether oxygens (including phenoxy) is 5. The molecule has 12 nitrogen and oxygen atoms in total. The molecule has 1 aliphatic rings. The van der Waals surface area contributed by atoms with Gasteiger partial charge in [-0.25, -0.2) is 4.79 Å². The first-order valence-electron chi connectivity index (χ1n) is 30.2. The third-order valence-corrected chi connectivity index (χ3v) is 13.2. The molecule has 438 valence electrons. The molecule has 0 radical (unpaired) electrons. The number of rotatable bonds is 50. The number of carboxylic acid groups (broad SMARTS) is 1. The molecule has 0 amide bonds. The lowest BCUT2D eigenvalue weighted by Crippen LogP contribution is -2.61. The molecule has 0 aromatic carbocycles. The Morgan fingerprint density at radius 2 is 0.818 bits per heavy atom. The summed E-state index contributed by atoms with van der Waals surface area (Å²) >= 11 is 0. The summed E-state index contributed by atoms with van der Waals surface area (Å²) < 4.78 is 28.4. The third kappa shape index (κ3) is 42.3. The number of carboxylic acids is 1. The smallest absolute Gasteiger partial charge is 0.335 e. The molecule has 0 aliphatic carbocycles. The van der Waals surface area contributed by atoms with Crippen LogP contribution in [0.1, 0.15) is 239 Å². The molecular formula is C65H106O12. The van der Waals surface area contributed by atoms with Crippen LogP contribution in [0.15, 0.2) is 97.2 Å². The van der Waals surface area contributed by atoms with E-state index in [0.29, 0.717) is 19.3 Å². The van der Waals surface area contributed by atoms with Crippen molar-refractivity contribution in [3.8, 4) is 0 Å². The van der Waals surface area contributed by atoms with Gasteiger partial charge in [-0.05, 0) is 96.3 Å². The van der Waals surface area contributed by atoms with Crippen molar-refractivity contribution < 1.29 is 58.2 Å². The van der Waals surface area contributed by atoms with Crippen LogP contribution in [0.3, 0.4) is 0 Å². The zero-order chi connectivity index (χ0) is 56.1. The largest absolute Gasteiger partial charge is 0.479 e. The molecule has 77 heavy (non-hydrogen) atoms. The van der Waals surface area contributed by atoms with E-state index in [4.69, 9.17) is 23.7 Å². The summed E-state index contributed by atoms with van der Waals surface area (Å²) in [4.78, 5) is 51.1. The average molecular weight is 1080 g/mol. The summed E-state index contributed by atoms with van der Waals surface area (Å²) in [5.41, 5.74) is 0. The lowest BCUT2D eigenvalue weighted by molar-refractivity contribution is -0.301. The quantitative estimate of drug-likeness (QED) is 0.0228. The Balaban J connectivity index is 2.72. The lowest BCUT2D eigenvalue weighted by Gasteiger charge is -2.40. The minimum atomic E-state index is -1.92. The van der Waals surface area contributed by atoms with Crippen molar-refractivity contribution in [3.63, 3.8) is 0 Å². The first kappa shape index (κ1) is 70.7. The highest BCUT2D eigenvalue weighted by Crippen LogP contribution is 2.26. The van der Waals surface area contributed by atoms with Crippen LogP contribution in [0, 0.1) is 0 Å². The number of carbonyl (C=O) groups is 4. The van der Waals surface area contributed by atoms with Gasteiger partial charge in [-0.3, -0.25) is 14.4 Å². The zero-order valence-electron chi connectivity index (χ0n) is 48.2. The summed E-state index contributed by atoms with van der Waals surface area (Å²) in [6.45, 7) is 5.72. The van der Waals surface area contributed by atoms with Crippen molar-refractivity contribution in [1.29, 1.82) is 0 Å². The van der Waals surface area contributed by atoms with E-state index in [9.17, 15) is 34.5 Å². The van der Waals surface area contributed by atoms with Gasteiger partial charge in [-0.15, -0.1) is 0 Å². The van der Waals surface area contributed by atoms with Crippen LogP contribution in [-0.4, -0.2) is 89.2 Å². The fraction of sp³-hybridized carbons (Fsp3) is 0.692. The van der Waals surface area contributed by atoms with Gasteiger partial charge >= 0.3 is 23.9 Å². The average Bonchev–Trinajstić information content (AvgIpc) is 3.42. The molecule has 1 rings (SSSR count). The number of hydrogen-bond acceptors (Lipinski definition) is 11. The molecule has 3 N–H and O–H groups in total. The van der Waals surface area contributed by atoms with Gasteiger partial charge in [0, 0.05) is 19.3 Å². The molecule has 1 aliphatic heterocycles. The number of hydrogen-bond donors (Lipinski definition) is 3. The first-order valence-corrected chi connectivity index (χ1v) is 30.2. The number of aliphatic carboxylic acids is 1. The van der Waals surface area contributed by atoms with Gasteiger partial charge in [0.15, 0.2) is 24.6 Å². The van der Waals surface area contributed by atoms with E-state index in [2.05, 4.69) is 118 Å². The van der Waals surface area contributed by atoms with Crippen LogP contribution in [-0.2, 0) is 42.9 Å². The van der Waals surface area contributed by atoms with E-state index in [1.165, 1.54) is 70.6 Å². The van der Waals surface area contributed by atoms with E-state index < -0.39 is 67.3 Å². The van der Waals surface area contributed by atoms with Crippen molar-refractivity contribution in [1.82, 2.24) is 0 Å². The maximum atomic E-state index is 13.2. The first-order chi connectivity index (χ1) is 37.6. The Bertz CT molecular complexity index is 1710. The van der Waals surface area contributed by atoms with Crippen LogP contribution in [0.5, 0.6) is 0 Å². The van der Waals surface area contributed by atoms with Crippen LogP contribution in [0.2, 0.25) is 0 Å². The van der Waals surface area contributed by atoms with Crippen LogP contribution in [0.25, 0.3) is 0 Å². The minimum absolute atomic E-state index is 0.0189. The highest BCUT2D eigenvalue weighted by Gasteiger charge is 2.50. The van der Waals surface area contributed by atoms with E-state index in [-0.39, 0.29) is 25.9 Å². The minimum Gasteiger partial charge on any atom is -0.479 e. The Kier molecular flexibility index (Phi) is 48.0. The van der Waals surface area contributed by atoms with Crippen LogP contribution >= 0.6 is 0 Å². The van der Waals surface area contributed by atoms with E-state index in [0.717, 1.165) is 109 Å². The predicted molar refractivity (Wildman–Crippen MR) is 312 cm³/mol. The summed E-state index contributed by atoms with van der Waals surface area (Å²) in [5, 5.41) is 31.5. The third-order valence-electron chi connectivity index (χ3n) is 13.2. The maximum Gasteiger partial charge on any atom is 0.335 e. The molecule has 12 heteroatoms. The van der Waals surface area contributed by atoms with Gasteiger partial charge < -0.3 is 39.0 Å². The topological polar surface area (TPSA) is 175 Å². The molecule has 1 heterocycles. The normalized spacial score (nSPS) is 18.7. The van der Waals surface area contributed by atoms with Gasteiger partial charge in [0.25, 0.3) is 0 Å². The Morgan fingerprint density at radius 1 is 0.442 bits per heavy atom. The molecular weight excluding hydrogens is 973 g/mol. The zero-order valence-corrected chi connectivity index (χ0v) is 48.2. The predicted octanol–water partition coefficient (Wildman–Crippen LogP) is 15.7. The number of esters is 3. The molecule has 0 aromatic rings. The Hall–Kier alpha value is -4.36.